The Hall–Kier alpha value is -2.15. The third-order valence-corrected chi connectivity index (χ3v) is 8.76. The van der Waals surface area contributed by atoms with Crippen LogP contribution < -0.4 is 4.90 Å². The van der Waals surface area contributed by atoms with E-state index in [1.807, 2.05) is 28.0 Å². The fourth-order valence-corrected chi connectivity index (χ4v) is 5.95. The van der Waals surface area contributed by atoms with Crippen molar-refractivity contribution < 1.29 is 14.0 Å². The summed E-state index contributed by atoms with van der Waals surface area (Å²) in [5, 5.41) is 0.914. The predicted octanol–water partition coefficient (Wildman–Crippen LogP) is 6.46. The Balaban J connectivity index is 1.26. The van der Waals surface area contributed by atoms with Crippen LogP contribution in [-0.4, -0.2) is 60.9 Å². The van der Waals surface area contributed by atoms with E-state index in [-0.39, 0.29) is 23.5 Å². The van der Waals surface area contributed by atoms with Crippen LogP contribution >= 0.6 is 23.2 Å². The second-order valence-corrected chi connectivity index (χ2v) is 11.5. The second kappa shape index (κ2) is 13.8. The van der Waals surface area contributed by atoms with Crippen LogP contribution in [0, 0.1) is 17.7 Å². The Kier molecular flexibility index (Phi) is 10.5. The van der Waals surface area contributed by atoms with E-state index >= 15 is 0 Å². The third kappa shape index (κ3) is 7.93. The van der Waals surface area contributed by atoms with Crippen molar-refractivity contribution in [1.29, 1.82) is 0 Å². The fraction of sp³-hybridized carbons (Fsp3) is 0.533. The topological polar surface area (TPSA) is 43.9 Å². The molecule has 0 aromatic heterocycles. The van der Waals surface area contributed by atoms with Crippen LogP contribution in [0.3, 0.4) is 0 Å². The number of hydrogen-bond acceptors (Lipinski definition) is 3. The maximum absolute atomic E-state index is 13.6. The quantitative estimate of drug-likeness (QED) is 0.330. The lowest BCUT2D eigenvalue weighted by Crippen LogP contribution is -2.44. The first kappa shape index (κ1) is 28.8. The van der Waals surface area contributed by atoms with E-state index in [4.69, 9.17) is 23.2 Å². The zero-order valence-electron chi connectivity index (χ0n) is 22.2. The number of likely N-dealkylation sites (tertiary alicyclic amines) is 2. The maximum atomic E-state index is 13.6. The first-order valence-electron chi connectivity index (χ1n) is 13.8. The molecule has 2 saturated heterocycles. The normalized spacial score (nSPS) is 17.5. The highest BCUT2D eigenvalue weighted by molar-refractivity contribution is 6.42. The number of carbonyl (C=O) groups excluding carboxylic acids is 2. The average molecular weight is 563 g/mol. The van der Waals surface area contributed by atoms with Crippen molar-refractivity contribution in [1.82, 2.24) is 9.80 Å². The summed E-state index contributed by atoms with van der Waals surface area (Å²) in [4.78, 5) is 31.5. The Bertz CT molecular complexity index is 1080. The van der Waals surface area contributed by atoms with E-state index in [9.17, 15) is 14.0 Å². The molecular weight excluding hydrogens is 524 g/mol. The minimum atomic E-state index is -0.179. The van der Waals surface area contributed by atoms with Gasteiger partial charge in [0, 0.05) is 38.2 Å². The number of benzene rings is 2. The van der Waals surface area contributed by atoms with E-state index in [1.165, 1.54) is 5.56 Å². The summed E-state index contributed by atoms with van der Waals surface area (Å²) in [6, 6.07) is 12.3. The van der Waals surface area contributed by atoms with Crippen LogP contribution in [0.2, 0.25) is 10.0 Å². The maximum Gasteiger partial charge on any atom is 0.230 e. The van der Waals surface area contributed by atoms with Crippen molar-refractivity contribution in [2.75, 3.05) is 44.2 Å². The largest absolute Gasteiger partial charge is 0.343 e. The SMILES string of the molecule is CC(=O)N1CCC(C(=O)N(CCCCN2CCC(Cc3ccc(F)cc3)CC2)c2ccc(Cl)c(Cl)c2)CC1. The summed E-state index contributed by atoms with van der Waals surface area (Å²) >= 11 is 12.4. The van der Waals surface area contributed by atoms with Crippen LogP contribution in [0.25, 0.3) is 0 Å². The van der Waals surface area contributed by atoms with Crippen LogP contribution in [0.5, 0.6) is 0 Å². The molecule has 2 fully saturated rings. The number of rotatable bonds is 9. The Morgan fingerprint density at radius 1 is 0.921 bits per heavy atom. The molecule has 2 aromatic carbocycles. The van der Waals surface area contributed by atoms with Gasteiger partial charge in [-0.3, -0.25) is 9.59 Å². The number of amides is 2. The molecule has 0 radical (unpaired) electrons. The van der Waals surface area contributed by atoms with Gasteiger partial charge in [0.25, 0.3) is 0 Å². The molecule has 4 rings (SSSR count). The summed E-state index contributed by atoms with van der Waals surface area (Å²) in [7, 11) is 0. The van der Waals surface area contributed by atoms with Crippen molar-refractivity contribution in [3.8, 4) is 0 Å². The summed E-state index contributed by atoms with van der Waals surface area (Å²) in [5.41, 5.74) is 1.99. The van der Waals surface area contributed by atoms with Gasteiger partial charge in [-0.05, 0) is 106 Å². The lowest BCUT2D eigenvalue weighted by molar-refractivity contribution is -0.133. The molecule has 2 amide bonds. The van der Waals surface area contributed by atoms with E-state index in [2.05, 4.69) is 4.90 Å². The molecule has 5 nitrogen and oxygen atoms in total. The molecule has 2 heterocycles. The van der Waals surface area contributed by atoms with Gasteiger partial charge in [-0.1, -0.05) is 35.3 Å². The summed E-state index contributed by atoms with van der Waals surface area (Å²) in [5.74, 6) is 0.542. The van der Waals surface area contributed by atoms with Gasteiger partial charge in [-0.15, -0.1) is 0 Å². The molecule has 0 saturated carbocycles. The van der Waals surface area contributed by atoms with Gasteiger partial charge in [0.1, 0.15) is 5.82 Å². The molecule has 0 atom stereocenters. The van der Waals surface area contributed by atoms with Crippen LogP contribution in [0.4, 0.5) is 10.1 Å². The van der Waals surface area contributed by atoms with Gasteiger partial charge in [0.2, 0.25) is 11.8 Å². The zero-order valence-corrected chi connectivity index (χ0v) is 23.7. The van der Waals surface area contributed by atoms with Crippen molar-refractivity contribution in [3.63, 3.8) is 0 Å². The molecule has 206 valence electrons. The van der Waals surface area contributed by atoms with E-state index in [1.54, 1.807) is 31.2 Å². The smallest absolute Gasteiger partial charge is 0.230 e. The van der Waals surface area contributed by atoms with Gasteiger partial charge in [0.15, 0.2) is 0 Å². The Morgan fingerprint density at radius 3 is 2.24 bits per heavy atom. The number of halogens is 3. The molecule has 2 aliphatic rings. The number of carbonyl (C=O) groups is 2. The van der Waals surface area contributed by atoms with Crippen molar-refractivity contribution in [2.24, 2.45) is 11.8 Å². The van der Waals surface area contributed by atoms with Gasteiger partial charge in [-0.2, -0.15) is 0 Å². The lowest BCUT2D eigenvalue weighted by Gasteiger charge is -2.34. The van der Waals surface area contributed by atoms with E-state index in [0.717, 1.165) is 57.4 Å². The standard InChI is InChI=1S/C30H38Cl2FN3O2/c1-22(37)35-18-12-25(13-19-35)30(38)36(27-8-9-28(31)29(32)21-27)15-3-2-14-34-16-10-24(11-17-34)20-23-4-6-26(33)7-5-23/h4-9,21,24-25H,2-3,10-20H2,1H3. The number of anilines is 1. The molecule has 8 heteroatoms. The first-order valence-corrected chi connectivity index (χ1v) is 14.5. The highest BCUT2D eigenvalue weighted by atomic mass is 35.5. The van der Waals surface area contributed by atoms with E-state index < -0.39 is 0 Å². The number of unbranched alkanes of at least 4 members (excludes halogenated alkanes) is 1. The second-order valence-electron chi connectivity index (χ2n) is 10.7. The molecular formula is C30H38Cl2FN3O2. The molecule has 0 N–H and O–H groups in total. The molecule has 0 aliphatic carbocycles. The predicted molar refractivity (Wildman–Crippen MR) is 152 cm³/mol. The molecule has 2 aliphatic heterocycles. The van der Waals surface area contributed by atoms with Gasteiger partial charge < -0.3 is 14.7 Å². The molecule has 0 spiro atoms. The van der Waals surface area contributed by atoms with Crippen LogP contribution in [0.1, 0.15) is 51.0 Å². The summed E-state index contributed by atoms with van der Waals surface area (Å²) in [6.07, 6.45) is 6.60. The molecule has 0 bridgehead atoms. The van der Waals surface area contributed by atoms with Crippen molar-refractivity contribution in [3.05, 3.63) is 63.9 Å². The van der Waals surface area contributed by atoms with Gasteiger partial charge in [0.05, 0.1) is 10.0 Å². The Labute approximate surface area is 235 Å². The minimum absolute atomic E-state index is 0.0664. The highest BCUT2D eigenvalue weighted by Gasteiger charge is 2.30. The van der Waals surface area contributed by atoms with Crippen LogP contribution in [-0.2, 0) is 16.0 Å². The molecule has 2 aromatic rings. The average Bonchev–Trinajstić information content (AvgIpc) is 2.92. The fourth-order valence-electron chi connectivity index (χ4n) is 5.65. The third-order valence-electron chi connectivity index (χ3n) is 8.02. The van der Waals surface area contributed by atoms with Gasteiger partial charge >= 0.3 is 0 Å². The zero-order chi connectivity index (χ0) is 27.1. The number of piperidine rings is 2. The van der Waals surface area contributed by atoms with Gasteiger partial charge in [-0.25, -0.2) is 4.39 Å². The highest BCUT2D eigenvalue weighted by Crippen LogP contribution is 2.30. The lowest BCUT2D eigenvalue weighted by atomic mass is 9.90. The minimum Gasteiger partial charge on any atom is -0.343 e. The molecule has 0 unspecified atom stereocenters. The van der Waals surface area contributed by atoms with Crippen molar-refractivity contribution >= 4 is 40.7 Å². The summed E-state index contributed by atoms with van der Waals surface area (Å²) in [6.45, 7) is 6.63. The number of hydrogen-bond donors (Lipinski definition) is 0. The summed E-state index contributed by atoms with van der Waals surface area (Å²) < 4.78 is 13.2. The van der Waals surface area contributed by atoms with Crippen LogP contribution in [0.15, 0.2) is 42.5 Å². The number of nitrogens with zero attached hydrogens (tertiary/aromatic N) is 3. The first-order chi connectivity index (χ1) is 18.3. The molecule has 38 heavy (non-hydrogen) atoms. The van der Waals surface area contributed by atoms with Crippen molar-refractivity contribution in [2.45, 2.75) is 51.9 Å². The van der Waals surface area contributed by atoms with E-state index in [0.29, 0.717) is 48.4 Å². The monoisotopic (exact) mass is 561 g/mol. The Morgan fingerprint density at radius 2 is 1.61 bits per heavy atom.